The molecule has 27 heavy (non-hydrogen) atoms. The Kier molecular flexibility index (Phi) is 6.36. The van der Waals surface area contributed by atoms with E-state index in [1.165, 1.54) is 11.8 Å². The molecule has 140 valence electrons. The third-order valence-electron chi connectivity index (χ3n) is 3.84. The van der Waals surface area contributed by atoms with Gasteiger partial charge in [-0.05, 0) is 43.3 Å². The van der Waals surface area contributed by atoms with Crippen LogP contribution < -0.4 is 10.1 Å². The Hall–Kier alpha value is -2.51. The number of carbonyl (C=O) groups excluding carboxylic acids is 1. The monoisotopic (exact) mass is 402 g/mol. The molecule has 1 N–H and O–H groups in total. The SMILES string of the molecule is CCn1c(SCC(=O)Nc2ccc(Cl)cc2)nnc1-c1ccccc1OC. The van der Waals surface area contributed by atoms with Crippen LogP contribution in [0.4, 0.5) is 5.69 Å². The molecule has 1 aromatic heterocycles. The molecule has 2 aromatic carbocycles. The van der Waals surface area contributed by atoms with Crippen LogP contribution in [0.1, 0.15) is 6.92 Å². The molecule has 0 unspecified atom stereocenters. The van der Waals surface area contributed by atoms with Crippen molar-refractivity contribution < 1.29 is 9.53 Å². The maximum Gasteiger partial charge on any atom is 0.234 e. The Balaban J connectivity index is 1.71. The molecule has 0 spiro atoms. The van der Waals surface area contributed by atoms with Crippen LogP contribution in [0.3, 0.4) is 0 Å². The minimum atomic E-state index is -0.119. The first-order chi connectivity index (χ1) is 13.1. The van der Waals surface area contributed by atoms with Crippen molar-refractivity contribution in [3.63, 3.8) is 0 Å². The van der Waals surface area contributed by atoms with Crippen LogP contribution >= 0.6 is 23.4 Å². The summed E-state index contributed by atoms with van der Waals surface area (Å²) in [6.07, 6.45) is 0. The fourth-order valence-corrected chi connectivity index (χ4v) is 3.50. The fourth-order valence-electron chi connectivity index (χ4n) is 2.57. The van der Waals surface area contributed by atoms with Gasteiger partial charge in [0.25, 0.3) is 0 Å². The normalized spacial score (nSPS) is 10.6. The molecule has 0 aliphatic rings. The molecule has 0 saturated heterocycles. The van der Waals surface area contributed by atoms with E-state index in [2.05, 4.69) is 15.5 Å². The number of aromatic nitrogens is 3. The van der Waals surface area contributed by atoms with Gasteiger partial charge in [0.1, 0.15) is 5.75 Å². The lowest BCUT2D eigenvalue weighted by atomic mass is 10.2. The molecule has 1 heterocycles. The number of thioether (sulfide) groups is 1. The molecule has 8 heteroatoms. The van der Waals surface area contributed by atoms with Crippen LogP contribution in [0.15, 0.2) is 53.7 Å². The largest absolute Gasteiger partial charge is 0.496 e. The maximum atomic E-state index is 12.2. The van der Waals surface area contributed by atoms with E-state index in [4.69, 9.17) is 16.3 Å². The standard InChI is InChI=1S/C19H19ClN4O2S/c1-3-24-18(15-6-4-5-7-16(15)26-2)22-23-19(24)27-12-17(25)21-14-10-8-13(20)9-11-14/h4-11H,3,12H2,1-2H3,(H,21,25). The third kappa shape index (κ3) is 4.61. The number of hydrogen-bond donors (Lipinski definition) is 1. The van der Waals surface area contributed by atoms with Gasteiger partial charge in [0.15, 0.2) is 11.0 Å². The molecule has 3 aromatic rings. The summed E-state index contributed by atoms with van der Waals surface area (Å²) in [5.41, 5.74) is 1.57. The van der Waals surface area contributed by atoms with Gasteiger partial charge in [-0.25, -0.2) is 0 Å². The second-order valence-corrected chi connectivity index (χ2v) is 6.97. The summed E-state index contributed by atoms with van der Waals surface area (Å²) in [5, 5.41) is 12.7. The van der Waals surface area contributed by atoms with E-state index in [9.17, 15) is 4.79 Å². The molecule has 0 aliphatic carbocycles. The summed E-state index contributed by atoms with van der Waals surface area (Å²) < 4.78 is 7.39. The van der Waals surface area contributed by atoms with Crippen LogP contribution in [-0.4, -0.2) is 33.5 Å². The molecular formula is C19H19ClN4O2S. The van der Waals surface area contributed by atoms with E-state index in [1.807, 2.05) is 35.8 Å². The summed E-state index contributed by atoms with van der Waals surface area (Å²) in [6, 6.07) is 14.7. The number of amides is 1. The molecule has 3 rings (SSSR count). The number of hydrogen-bond acceptors (Lipinski definition) is 5. The first-order valence-corrected chi connectivity index (χ1v) is 9.73. The molecule has 0 atom stereocenters. The Labute approximate surface area is 166 Å². The highest BCUT2D eigenvalue weighted by Crippen LogP contribution is 2.30. The van der Waals surface area contributed by atoms with Gasteiger partial charge >= 0.3 is 0 Å². The van der Waals surface area contributed by atoms with Gasteiger partial charge in [0.2, 0.25) is 5.91 Å². The Bertz CT molecular complexity index is 928. The van der Waals surface area contributed by atoms with E-state index in [-0.39, 0.29) is 11.7 Å². The summed E-state index contributed by atoms with van der Waals surface area (Å²) in [7, 11) is 1.63. The van der Waals surface area contributed by atoms with Crippen molar-refractivity contribution in [3.8, 4) is 17.1 Å². The van der Waals surface area contributed by atoms with Crippen LogP contribution in [0.2, 0.25) is 5.02 Å². The number of anilines is 1. The molecule has 0 radical (unpaired) electrons. The van der Waals surface area contributed by atoms with Gasteiger partial charge in [-0.15, -0.1) is 10.2 Å². The van der Waals surface area contributed by atoms with E-state index in [0.29, 0.717) is 22.4 Å². The van der Waals surface area contributed by atoms with Crippen molar-refractivity contribution in [1.82, 2.24) is 14.8 Å². The minimum Gasteiger partial charge on any atom is -0.496 e. The highest BCUT2D eigenvalue weighted by Gasteiger charge is 2.17. The van der Waals surface area contributed by atoms with E-state index < -0.39 is 0 Å². The predicted molar refractivity (Wildman–Crippen MR) is 108 cm³/mol. The quantitative estimate of drug-likeness (QED) is 0.594. The van der Waals surface area contributed by atoms with Gasteiger partial charge in [-0.2, -0.15) is 0 Å². The number of halogens is 1. The maximum absolute atomic E-state index is 12.2. The predicted octanol–water partition coefficient (Wildman–Crippen LogP) is 4.36. The first-order valence-electron chi connectivity index (χ1n) is 8.37. The molecule has 6 nitrogen and oxygen atoms in total. The van der Waals surface area contributed by atoms with Crippen molar-refractivity contribution in [1.29, 1.82) is 0 Å². The Morgan fingerprint density at radius 1 is 1.19 bits per heavy atom. The lowest BCUT2D eigenvalue weighted by molar-refractivity contribution is -0.113. The van der Waals surface area contributed by atoms with Crippen LogP contribution in [0.5, 0.6) is 5.75 Å². The lowest BCUT2D eigenvalue weighted by Crippen LogP contribution is -2.14. The van der Waals surface area contributed by atoms with E-state index in [1.54, 1.807) is 31.4 Å². The molecule has 1 amide bonds. The van der Waals surface area contributed by atoms with E-state index >= 15 is 0 Å². The van der Waals surface area contributed by atoms with Crippen LogP contribution in [0, 0.1) is 0 Å². The van der Waals surface area contributed by atoms with Crippen molar-refractivity contribution in [2.45, 2.75) is 18.6 Å². The van der Waals surface area contributed by atoms with Crippen LogP contribution in [0.25, 0.3) is 11.4 Å². The highest BCUT2D eigenvalue weighted by atomic mass is 35.5. The number of para-hydroxylation sites is 1. The number of nitrogens with zero attached hydrogens (tertiary/aromatic N) is 3. The van der Waals surface area contributed by atoms with Gasteiger partial charge in [-0.1, -0.05) is 35.5 Å². The molecule has 0 aliphatic heterocycles. The zero-order chi connectivity index (χ0) is 19.2. The number of ether oxygens (including phenoxy) is 1. The fraction of sp³-hybridized carbons (Fsp3) is 0.211. The number of nitrogens with one attached hydrogen (secondary N) is 1. The molecule has 0 saturated carbocycles. The number of methoxy groups -OCH3 is 1. The topological polar surface area (TPSA) is 69.0 Å². The third-order valence-corrected chi connectivity index (χ3v) is 5.06. The number of benzene rings is 2. The molecule has 0 bridgehead atoms. The summed E-state index contributed by atoms with van der Waals surface area (Å²) in [4.78, 5) is 12.2. The minimum absolute atomic E-state index is 0.119. The smallest absolute Gasteiger partial charge is 0.234 e. The van der Waals surface area contributed by atoms with Gasteiger partial charge < -0.3 is 14.6 Å². The van der Waals surface area contributed by atoms with Gasteiger partial charge in [-0.3, -0.25) is 4.79 Å². The Morgan fingerprint density at radius 3 is 2.63 bits per heavy atom. The Morgan fingerprint density at radius 2 is 1.93 bits per heavy atom. The highest BCUT2D eigenvalue weighted by molar-refractivity contribution is 7.99. The lowest BCUT2D eigenvalue weighted by Gasteiger charge is -2.10. The summed E-state index contributed by atoms with van der Waals surface area (Å²) >= 11 is 7.20. The van der Waals surface area contributed by atoms with Crippen molar-refractivity contribution >= 4 is 35.0 Å². The van der Waals surface area contributed by atoms with Gasteiger partial charge in [0, 0.05) is 17.3 Å². The summed E-state index contributed by atoms with van der Waals surface area (Å²) in [6.45, 7) is 2.70. The van der Waals surface area contributed by atoms with E-state index in [0.717, 1.165) is 17.1 Å². The first kappa shape index (κ1) is 19.3. The van der Waals surface area contributed by atoms with Crippen molar-refractivity contribution in [3.05, 3.63) is 53.6 Å². The zero-order valence-corrected chi connectivity index (χ0v) is 16.5. The van der Waals surface area contributed by atoms with Crippen molar-refractivity contribution in [2.24, 2.45) is 0 Å². The second-order valence-electron chi connectivity index (χ2n) is 5.59. The summed E-state index contributed by atoms with van der Waals surface area (Å²) in [5.74, 6) is 1.56. The average molecular weight is 403 g/mol. The van der Waals surface area contributed by atoms with Crippen molar-refractivity contribution in [2.75, 3.05) is 18.2 Å². The molecular weight excluding hydrogens is 384 g/mol. The van der Waals surface area contributed by atoms with Gasteiger partial charge in [0.05, 0.1) is 18.4 Å². The van der Waals surface area contributed by atoms with Crippen LogP contribution in [-0.2, 0) is 11.3 Å². The second kappa shape index (κ2) is 8.92. The number of carbonyl (C=O) groups is 1. The molecule has 0 fully saturated rings. The average Bonchev–Trinajstić information content (AvgIpc) is 3.10. The number of rotatable bonds is 7. The zero-order valence-electron chi connectivity index (χ0n) is 15.0.